The fourth-order valence-corrected chi connectivity index (χ4v) is 5.12. The largest absolute Gasteiger partial charge is 0.365 e. The molecule has 3 fully saturated rings. The first kappa shape index (κ1) is 16.7. The molecule has 1 N–H and O–H groups in total. The van der Waals surface area contributed by atoms with Crippen LogP contribution in [0.3, 0.4) is 0 Å². The number of piperidine rings is 1. The van der Waals surface area contributed by atoms with Gasteiger partial charge in [0.15, 0.2) is 0 Å². The Balaban J connectivity index is 1.49. The monoisotopic (exact) mass is 343 g/mol. The van der Waals surface area contributed by atoms with Gasteiger partial charge in [0.05, 0.1) is 11.0 Å². The Labute approximate surface area is 149 Å². The molecule has 136 valence electrons. The number of hydrogen-bond acceptors (Lipinski definition) is 2. The number of hydrogen-bond donors (Lipinski definition) is 1. The van der Waals surface area contributed by atoms with Crippen LogP contribution in [0.5, 0.6) is 0 Å². The lowest BCUT2D eigenvalue weighted by molar-refractivity contribution is -0.149. The summed E-state index contributed by atoms with van der Waals surface area (Å²) in [7, 11) is 0. The second-order valence-electron chi connectivity index (χ2n) is 8.17. The van der Waals surface area contributed by atoms with Crippen molar-refractivity contribution in [3.63, 3.8) is 0 Å². The Bertz CT molecular complexity index is 662. The van der Waals surface area contributed by atoms with E-state index in [9.17, 15) is 9.59 Å². The number of nitrogens with one attached hydrogen (secondary N) is 1. The molecule has 2 amide bonds. The van der Waals surface area contributed by atoms with Gasteiger partial charge in [0.25, 0.3) is 5.91 Å². The molecule has 1 aromatic rings. The number of aryl methyl sites for hydroxylation is 1. The topological polar surface area (TPSA) is 56.4 Å². The van der Waals surface area contributed by atoms with Gasteiger partial charge >= 0.3 is 0 Å². The molecule has 0 aromatic carbocycles. The quantitative estimate of drug-likeness (QED) is 0.897. The van der Waals surface area contributed by atoms with E-state index >= 15 is 0 Å². The van der Waals surface area contributed by atoms with Gasteiger partial charge in [-0.3, -0.25) is 9.59 Å². The predicted molar refractivity (Wildman–Crippen MR) is 96.3 cm³/mol. The zero-order valence-electron chi connectivity index (χ0n) is 15.2. The van der Waals surface area contributed by atoms with Crippen molar-refractivity contribution in [2.24, 2.45) is 5.41 Å². The highest BCUT2D eigenvalue weighted by atomic mass is 16.2. The molecular formula is C20H29N3O2. The number of amides is 2. The van der Waals surface area contributed by atoms with Gasteiger partial charge in [0, 0.05) is 37.6 Å². The molecule has 1 spiro atoms. The number of aromatic amines is 1. The van der Waals surface area contributed by atoms with Crippen molar-refractivity contribution in [1.82, 2.24) is 14.8 Å². The number of carbonyl (C=O) groups is 2. The van der Waals surface area contributed by atoms with Crippen LogP contribution in [-0.2, 0) is 4.79 Å². The highest BCUT2D eigenvalue weighted by Crippen LogP contribution is 2.42. The third kappa shape index (κ3) is 2.87. The van der Waals surface area contributed by atoms with E-state index in [4.69, 9.17) is 0 Å². The van der Waals surface area contributed by atoms with Crippen LogP contribution in [0.1, 0.15) is 67.4 Å². The maximum atomic E-state index is 13.4. The van der Waals surface area contributed by atoms with Crippen LogP contribution in [0.2, 0.25) is 0 Å². The Morgan fingerprint density at radius 1 is 1.16 bits per heavy atom. The third-order valence-electron chi connectivity index (χ3n) is 6.61. The summed E-state index contributed by atoms with van der Waals surface area (Å²) in [5, 5.41) is 0. The first-order valence-electron chi connectivity index (χ1n) is 9.85. The summed E-state index contributed by atoms with van der Waals surface area (Å²) >= 11 is 0. The minimum absolute atomic E-state index is 0.0678. The van der Waals surface area contributed by atoms with Gasteiger partial charge in [0.1, 0.15) is 0 Å². The van der Waals surface area contributed by atoms with Crippen molar-refractivity contribution in [2.75, 3.05) is 19.6 Å². The Morgan fingerprint density at radius 3 is 2.68 bits per heavy atom. The minimum atomic E-state index is -0.324. The van der Waals surface area contributed by atoms with Gasteiger partial charge in [-0.2, -0.15) is 0 Å². The van der Waals surface area contributed by atoms with Crippen LogP contribution < -0.4 is 0 Å². The van der Waals surface area contributed by atoms with Crippen LogP contribution in [-0.4, -0.2) is 52.3 Å². The molecule has 0 bridgehead atoms. The van der Waals surface area contributed by atoms with Gasteiger partial charge in [-0.1, -0.05) is 19.3 Å². The first-order valence-corrected chi connectivity index (χ1v) is 9.85. The van der Waals surface area contributed by atoms with E-state index in [2.05, 4.69) is 9.88 Å². The van der Waals surface area contributed by atoms with Gasteiger partial charge < -0.3 is 14.8 Å². The highest BCUT2D eigenvalue weighted by molar-refractivity contribution is 5.96. The average Bonchev–Trinajstić information content (AvgIpc) is 3.25. The molecule has 4 rings (SSSR count). The minimum Gasteiger partial charge on any atom is -0.365 e. The summed E-state index contributed by atoms with van der Waals surface area (Å²) in [5.74, 6) is 0.393. The van der Waals surface area contributed by atoms with Crippen LogP contribution in [0.25, 0.3) is 0 Å². The normalized spacial score (nSPS) is 28.1. The van der Waals surface area contributed by atoms with Crippen LogP contribution in [0.15, 0.2) is 12.3 Å². The zero-order valence-corrected chi connectivity index (χ0v) is 15.2. The zero-order chi connectivity index (χ0) is 17.4. The molecular weight excluding hydrogens is 314 g/mol. The van der Waals surface area contributed by atoms with Crippen molar-refractivity contribution in [3.8, 4) is 0 Å². The van der Waals surface area contributed by atoms with Gasteiger partial charge in [-0.05, 0) is 45.1 Å². The number of nitrogens with zero attached hydrogens (tertiary/aromatic N) is 2. The smallest absolute Gasteiger partial charge is 0.255 e. The number of aromatic nitrogens is 1. The highest BCUT2D eigenvalue weighted by Gasteiger charge is 2.50. The Morgan fingerprint density at radius 2 is 1.96 bits per heavy atom. The molecule has 1 saturated carbocycles. The van der Waals surface area contributed by atoms with Crippen molar-refractivity contribution in [1.29, 1.82) is 0 Å². The second-order valence-corrected chi connectivity index (χ2v) is 8.17. The van der Waals surface area contributed by atoms with Crippen LogP contribution >= 0.6 is 0 Å². The van der Waals surface area contributed by atoms with E-state index < -0.39 is 0 Å². The Kier molecular flexibility index (Phi) is 4.34. The van der Waals surface area contributed by atoms with Crippen molar-refractivity contribution in [3.05, 3.63) is 23.5 Å². The van der Waals surface area contributed by atoms with Crippen molar-refractivity contribution >= 4 is 11.8 Å². The molecule has 0 radical (unpaired) electrons. The summed E-state index contributed by atoms with van der Waals surface area (Å²) in [5.41, 5.74) is 1.32. The van der Waals surface area contributed by atoms with E-state index in [-0.39, 0.29) is 11.3 Å². The molecule has 1 aromatic heterocycles. The molecule has 25 heavy (non-hydrogen) atoms. The standard InChI is InChI=1S/C20H29N3O2/c1-15-17(8-11-21-15)18(24)22-13-10-20(14-22)9-5-12-23(19(20)25)16-6-3-2-4-7-16/h8,11,16,21H,2-7,9-10,12-14H2,1H3/t20-/m1/s1. The van der Waals surface area contributed by atoms with E-state index in [0.29, 0.717) is 25.0 Å². The molecule has 5 nitrogen and oxygen atoms in total. The first-order chi connectivity index (χ1) is 12.1. The maximum Gasteiger partial charge on any atom is 0.255 e. The van der Waals surface area contributed by atoms with Gasteiger partial charge in [-0.25, -0.2) is 0 Å². The van der Waals surface area contributed by atoms with Crippen molar-refractivity contribution < 1.29 is 9.59 Å². The second kappa shape index (κ2) is 6.50. The fourth-order valence-electron chi connectivity index (χ4n) is 5.12. The summed E-state index contributed by atoms with van der Waals surface area (Å²) < 4.78 is 0. The van der Waals surface area contributed by atoms with E-state index in [1.54, 1.807) is 0 Å². The molecule has 1 aliphatic carbocycles. The average molecular weight is 343 g/mol. The molecule has 3 aliphatic rings. The molecule has 2 aliphatic heterocycles. The number of rotatable bonds is 2. The van der Waals surface area contributed by atoms with Crippen LogP contribution in [0.4, 0.5) is 0 Å². The van der Waals surface area contributed by atoms with Gasteiger partial charge in [0.2, 0.25) is 5.91 Å². The summed E-state index contributed by atoms with van der Waals surface area (Å²) in [6, 6.07) is 2.29. The Hall–Kier alpha value is -1.78. The molecule has 1 atom stereocenters. The third-order valence-corrected chi connectivity index (χ3v) is 6.61. The predicted octanol–water partition coefficient (Wildman–Crippen LogP) is 3.11. The molecule has 3 heterocycles. The van der Waals surface area contributed by atoms with Gasteiger partial charge in [-0.15, -0.1) is 0 Å². The lowest BCUT2D eigenvalue weighted by Gasteiger charge is -2.44. The molecule has 0 unspecified atom stereocenters. The van der Waals surface area contributed by atoms with E-state index in [1.165, 1.54) is 19.3 Å². The molecule has 5 heteroatoms. The lowest BCUT2D eigenvalue weighted by atomic mass is 9.77. The van der Waals surface area contributed by atoms with E-state index in [1.807, 2.05) is 24.1 Å². The summed E-state index contributed by atoms with van der Waals surface area (Å²) in [6.45, 7) is 4.14. The number of carbonyl (C=O) groups excluding carboxylic acids is 2. The number of H-pyrrole nitrogens is 1. The summed E-state index contributed by atoms with van der Waals surface area (Å²) in [4.78, 5) is 33.3. The summed E-state index contributed by atoms with van der Waals surface area (Å²) in [6.07, 6.45) is 10.8. The maximum absolute atomic E-state index is 13.4. The SMILES string of the molecule is Cc1[nH]ccc1C(=O)N1CC[C@]2(CCCN(C3CCCCC3)C2=O)C1. The van der Waals surface area contributed by atoms with Crippen LogP contribution in [0, 0.1) is 12.3 Å². The van der Waals surface area contributed by atoms with E-state index in [0.717, 1.165) is 49.9 Å². The number of likely N-dealkylation sites (tertiary alicyclic amines) is 2. The molecule has 2 saturated heterocycles. The van der Waals surface area contributed by atoms with Crippen molar-refractivity contribution in [2.45, 2.75) is 64.3 Å². The fraction of sp³-hybridized carbons (Fsp3) is 0.700. The lowest BCUT2D eigenvalue weighted by Crippen LogP contribution is -2.54.